The third-order valence-corrected chi connectivity index (χ3v) is 1.64. The van der Waals surface area contributed by atoms with E-state index in [9.17, 15) is 4.79 Å². The van der Waals surface area contributed by atoms with Crippen molar-refractivity contribution < 1.29 is 9.53 Å². The van der Waals surface area contributed by atoms with Crippen molar-refractivity contribution in [2.45, 2.75) is 6.61 Å². The minimum Gasteiger partial charge on any atom is -0.368 e. The smallest absolute Gasteiger partial charge is 0.243 e. The lowest BCUT2D eigenvalue weighted by Crippen LogP contribution is -2.17. The maximum Gasteiger partial charge on any atom is 0.243 e. The summed E-state index contributed by atoms with van der Waals surface area (Å²) in [4.78, 5) is 10.3. The Balaban J connectivity index is 2.41. The molecule has 0 spiro atoms. The van der Waals surface area contributed by atoms with Gasteiger partial charge < -0.3 is 10.5 Å². The van der Waals surface area contributed by atoms with Crippen LogP contribution in [0.3, 0.4) is 0 Å². The number of primary amides is 1. The highest BCUT2D eigenvalue weighted by Gasteiger charge is 1.96. The van der Waals surface area contributed by atoms with Crippen molar-refractivity contribution in [3.05, 3.63) is 34.9 Å². The number of amides is 1. The van der Waals surface area contributed by atoms with Crippen molar-refractivity contribution in [2.24, 2.45) is 5.73 Å². The first kappa shape index (κ1) is 10.0. The largest absolute Gasteiger partial charge is 0.368 e. The van der Waals surface area contributed by atoms with Crippen LogP contribution in [0.5, 0.6) is 0 Å². The molecule has 3 nitrogen and oxygen atoms in total. The molecule has 1 rings (SSSR count). The van der Waals surface area contributed by atoms with Gasteiger partial charge in [-0.3, -0.25) is 4.79 Å². The fourth-order valence-corrected chi connectivity index (χ4v) is 1.11. The molecule has 13 heavy (non-hydrogen) atoms. The molecule has 0 radical (unpaired) electrons. The lowest BCUT2D eigenvalue weighted by Gasteiger charge is -2.01. The van der Waals surface area contributed by atoms with Crippen molar-refractivity contribution in [2.75, 3.05) is 6.61 Å². The minimum atomic E-state index is -0.470. The molecule has 2 N–H and O–H groups in total. The van der Waals surface area contributed by atoms with Crippen LogP contribution < -0.4 is 5.73 Å². The average molecular weight is 200 g/mol. The van der Waals surface area contributed by atoms with Crippen LogP contribution in [0.2, 0.25) is 5.02 Å². The van der Waals surface area contributed by atoms with Gasteiger partial charge >= 0.3 is 0 Å². The van der Waals surface area contributed by atoms with Crippen LogP contribution in [-0.2, 0) is 16.1 Å². The Morgan fingerprint density at radius 1 is 1.54 bits per heavy atom. The van der Waals surface area contributed by atoms with Gasteiger partial charge in [0.25, 0.3) is 0 Å². The van der Waals surface area contributed by atoms with Gasteiger partial charge in [-0.2, -0.15) is 0 Å². The highest BCUT2D eigenvalue weighted by atomic mass is 35.5. The van der Waals surface area contributed by atoms with E-state index in [-0.39, 0.29) is 6.61 Å². The summed E-state index contributed by atoms with van der Waals surface area (Å²) < 4.78 is 5.00. The van der Waals surface area contributed by atoms with Crippen molar-refractivity contribution in [3.63, 3.8) is 0 Å². The molecule has 0 aromatic heterocycles. The van der Waals surface area contributed by atoms with Crippen molar-refractivity contribution >= 4 is 17.5 Å². The summed E-state index contributed by atoms with van der Waals surface area (Å²) in [5, 5.41) is 0.653. The predicted molar refractivity (Wildman–Crippen MR) is 50.3 cm³/mol. The van der Waals surface area contributed by atoms with Gasteiger partial charge in [-0.25, -0.2) is 0 Å². The normalized spacial score (nSPS) is 9.92. The standard InChI is InChI=1S/C9H10ClNO2/c10-8-3-1-2-7(4-8)5-13-6-9(11)12/h1-4H,5-6H2,(H2,11,12). The molecule has 0 heterocycles. The van der Waals surface area contributed by atoms with Gasteiger partial charge in [-0.05, 0) is 17.7 Å². The van der Waals surface area contributed by atoms with E-state index in [1.165, 1.54) is 0 Å². The summed E-state index contributed by atoms with van der Waals surface area (Å²) in [5.41, 5.74) is 5.82. The van der Waals surface area contributed by atoms with E-state index in [4.69, 9.17) is 22.1 Å². The summed E-state index contributed by atoms with van der Waals surface area (Å²) in [5.74, 6) is -0.470. The monoisotopic (exact) mass is 199 g/mol. The quantitative estimate of drug-likeness (QED) is 0.796. The average Bonchev–Trinajstić information content (AvgIpc) is 2.03. The van der Waals surface area contributed by atoms with Crippen LogP contribution in [0.1, 0.15) is 5.56 Å². The van der Waals surface area contributed by atoms with Crippen LogP contribution >= 0.6 is 11.6 Å². The van der Waals surface area contributed by atoms with Gasteiger partial charge in [0.05, 0.1) is 6.61 Å². The van der Waals surface area contributed by atoms with Gasteiger partial charge in [0.15, 0.2) is 0 Å². The zero-order valence-electron chi connectivity index (χ0n) is 7.00. The number of ether oxygens (including phenoxy) is 1. The number of carbonyl (C=O) groups is 1. The number of benzene rings is 1. The van der Waals surface area contributed by atoms with Gasteiger partial charge in [0.1, 0.15) is 6.61 Å². The van der Waals surface area contributed by atoms with E-state index in [1.807, 2.05) is 12.1 Å². The second-order valence-corrected chi connectivity index (χ2v) is 3.03. The Bertz CT molecular complexity index is 301. The Morgan fingerprint density at radius 2 is 2.31 bits per heavy atom. The highest BCUT2D eigenvalue weighted by Crippen LogP contribution is 2.11. The molecule has 0 aliphatic heterocycles. The Morgan fingerprint density at radius 3 is 2.92 bits per heavy atom. The van der Waals surface area contributed by atoms with E-state index >= 15 is 0 Å². The van der Waals surface area contributed by atoms with E-state index < -0.39 is 5.91 Å². The maximum atomic E-state index is 10.3. The molecule has 0 atom stereocenters. The molecule has 0 saturated heterocycles. The molecule has 1 aromatic rings. The minimum absolute atomic E-state index is 0.0630. The summed E-state index contributed by atoms with van der Waals surface area (Å²) in [6, 6.07) is 7.25. The molecule has 0 bridgehead atoms. The number of carbonyl (C=O) groups excluding carboxylic acids is 1. The SMILES string of the molecule is NC(=O)COCc1cccc(Cl)c1. The Hall–Kier alpha value is -1.06. The van der Waals surface area contributed by atoms with Crippen LogP contribution in [-0.4, -0.2) is 12.5 Å². The van der Waals surface area contributed by atoms with Crippen LogP contribution in [0, 0.1) is 0 Å². The molecule has 0 fully saturated rings. The summed E-state index contributed by atoms with van der Waals surface area (Å²) in [6.45, 7) is 0.288. The third kappa shape index (κ3) is 3.92. The molecule has 70 valence electrons. The summed E-state index contributed by atoms with van der Waals surface area (Å²) >= 11 is 5.74. The zero-order valence-corrected chi connectivity index (χ0v) is 7.75. The molecule has 1 amide bonds. The number of hydrogen-bond donors (Lipinski definition) is 1. The van der Waals surface area contributed by atoms with Gasteiger partial charge in [0.2, 0.25) is 5.91 Å². The molecular formula is C9H10ClNO2. The molecule has 0 aliphatic rings. The molecule has 1 aromatic carbocycles. The second kappa shape index (κ2) is 4.84. The summed E-state index contributed by atoms with van der Waals surface area (Å²) in [6.07, 6.45) is 0. The Kier molecular flexibility index (Phi) is 3.73. The number of rotatable bonds is 4. The molecule has 0 aliphatic carbocycles. The fraction of sp³-hybridized carbons (Fsp3) is 0.222. The lowest BCUT2D eigenvalue weighted by molar-refractivity contribution is -0.122. The summed E-state index contributed by atoms with van der Waals surface area (Å²) in [7, 11) is 0. The fourth-order valence-electron chi connectivity index (χ4n) is 0.896. The van der Waals surface area contributed by atoms with Gasteiger partial charge in [-0.15, -0.1) is 0 Å². The van der Waals surface area contributed by atoms with Crippen LogP contribution in [0.25, 0.3) is 0 Å². The van der Waals surface area contributed by atoms with Gasteiger partial charge in [0, 0.05) is 5.02 Å². The van der Waals surface area contributed by atoms with E-state index in [1.54, 1.807) is 12.1 Å². The highest BCUT2D eigenvalue weighted by molar-refractivity contribution is 6.30. The van der Waals surface area contributed by atoms with E-state index in [0.717, 1.165) is 5.56 Å². The number of nitrogens with two attached hydrogens (primary N) is 1. The number of hydrogen-bond acceptors (Lipinski definition) is 2. The molecule has 0 saturated carbocycles. The van der Waals surface area contributed by atoms with E-state index in [0.29, 0.717) is 11.6 Å². The Labute approximate surface area is 81.4 Å². The topological polar surface area (TPSA) is 52.3 Å². The van der Waals surface area contributed by atoms with Crippen LogP contribution in [0.4, 0.5) is 0 Å². The predicted octanol–water partition coefficient (Wildman–Crippen LogP) is 1.34. The first-order valence-electron chi connectivity index (χ1n) is 3.79. The van der Waals surface area contributed by atoms with Gasteiger partial charge in [-0.1, -0.05) is 23.7 Å². The molecule has 4 heteroatoms. The first-order valence-corrected chi connectivity index (χ1v) is 4.17. The van der Waals surface area contributed by atoms with Crippen molar-refractivity contribution in [1.82, 2.24) is 0 Å². The third-order valence-electron chi connectivity index (χ3n) is 1.40. The lowest BCUT2D eigenvalue weighted by atomic mass is 10.2. The van der Waals surface area contributed by atoms with Crippen molar-refractivity contribution in [1.29, 1.82) is 0 Å². The molecular weight excluding hydrogens is 190 g/mol. The number of halogens is 1. The van der Waals surface area contributed by atoms with Crippen molar-refractivity contribution in [3.8, 4) is 0 Å². The second-order valence-electron chi connectivity index (χ2n) is 2.59. The van der Waals surface area contributed by atoms with Crippen LogP contribution in [0.15, 0.2) is 24.3 Å². The first-order chi connectivity index (χ1) is 6.18. The van der Waals surface area contributed by atoms with E-state index in [2.05, 4.69) is 0 Å². The molecule has 0 unspecified atom stereocenters. The zero-order chi connectivity index (χ0) is 9.68. The maximum absolute atomic E-state index is 10.3.